The highest BCUT2D eigenvalue weighted by molar-refractivity contribution is 5.76. The van der Waals surface area contributed by atoms with Gasteiger partial charge < -0.3 is 9.80 Å². The Balaban J connectivity index is 1.64. The normalized spacial score (nSPS) is 13.2. The van der Waals surface area contributed by atoms with Gasteiger partial charge in [-0.25, -0.2) is 0 Å². The van der Waals surface area contributed by atoms with E-state index in [1.54, 1.807) is 0 Å². The van der Waals surface area contributed by atoms with E-state index >= 15 is 0 Å². The third-order valence-electron chi connectivity index (χ3n) is 5.72. The van der Waals surface area contributed by atoms with Crippen molar-refractivity contribution in [2.24, 2.45) is 0 Å². The van der Waals surface area contributed by atoms with Gasteiger partial charge in [-0.15, -0.1) is 0 Å². The van der Waals surface area contributed by atoms with Crippen molar-refractivity contribution in [2.75, 3.05) is 16.5 Å². The molecule has 27 heavy (non-hydrogen) atoms. The molecule has 0 saturated carbocycles. The Labute approximate surface area is 163 Å². The van der Waals surface area contributed by atoms with Crippen LogP contribution in [0.25, 0.3) is 0 Å². The number of benzene rings is 3. The minimum atomic E-state index is 0.931. The van der Waals surface area contributed by atoms with E-state index in [0.717, 1.165) is 19.8 Å². The predicted molar refractivity (Wildman–Crippen MR) is 116 cm³/mol. The number of rotatable bonds is 4. The SMILES string of the molecule is Cc1cc(C)c(CN2CN(Cc3ccccc3C)c3ccccc32)c(C)c1. The molecule has 4 rings (SSSR count). The summed E-state index contributed by atoms with van der Waals surface area (Å²) in [6.07, 6.45) is 0. The molecule has 138 valence electrons. The van der Waals surface area contributed by atoms with Gasteiger partial charge in [-0.05, 0) is 67.6 Å². The molecule has 0 unspecified atom stereocenters. The minimum Gasteiger partial charge on any atom is -0.348 e. The first-order valence-corrected chi connectivity index (χ1v) is 9.73. The molecule has 3 aromatic carbocycles. The first kappa shape index (κ1) is 17.7. The number of para-hydroxylation sites is 2. The maximum atomic E-state index is 2.51. The predicted octanol–water partition coefficient (Wildman–Crippen LogP) is 5.90. The Bertz CT molecular complexity index is 951. The smallest absolute Gasteiger partial charge is 0.0911 e. The number of nitrogens with zero attached hydrogens (tertiary/aromatic N) is 2. The van der Waals surface area contributed by atoms with Crippen LogP contribution >= 0.6 is 0 Å². The lowest BCUT2D eigenvalue weighted by Crippen LogP contribution is -2.30. The quantitative estimate of drug-likeness (QED) is 0.574. The van der Waals surface area contributed by atoms with Gasteiger partial charge in [-0.2, -0.15) is 0 Å². The highest BCUT2D eigenvalue weighted by atomic mass is 15.4. The van der Waals surface area contributed by atoms with Gasteiger partial charge in [0.1, 0.15) is 0 Å². The van der Waals surface area contributed by atoms with Gasteiger partial charge in [0.15, 0.2) is 0 Å². The number of fused-ring (bicyclic) bond motifs is 1. The fraction of sp³-hybridized carbons (Fsp3) is 0.280. The van der Waals surface area contributed by atoms with Crippen molar-refractivity contribution in [1.82, 2.24) is 0 Å². The van der Waals surface area contributed by atoms with Crippen molar-refractivity contribution in [3.05, 3.63) is 94.0 Å². The molecule has 2 heteroatoms. The zero-order valence-electron chi connectivity index (χ0n) is 16.8. The topological polar surface area (TPSA) is 6.48 Å². The van der Waals surface area contributed by atoms with Gasteiger partial charge in [0, 0.05) is 13.1 Å². The number of hydrogen-bond acceptors (Lipinski definition) is 2. The van der Waals surface area contributed by atoms with Crippen molar-refractivity contribution >= 4 is 11.4 Å². The second-order valence-corrected chi connectivity index (χ2v) is 7.83. The van der Waals surface area contributed by atoms with Crippen LogP contribution in [0.5, 0.6) is 0 Å². The molecule has 0 aliphatic carbocycles. The van der Waals surface area contributed by atoms with Crippen molar-refractivity contribution in [3.63, 3.8) is 0 Å². The van der Waals surface area contributed by atoms with E-state index in [4.69, 9.17) is 0 Å². The summed E-state index contributed by atoms with van der Waals surface area (Å²) in [5, 5.41) is 0. The number of anilines is 2. The Morgan fingerprint density at radius 3 is 1.85 bits per heavy atom. The molecular formula is C25H28N2. The Morgan fingerprint density at radius 2 is 1.22 bits per heavy atom. The summed E-state index contributed by atoms with van der Waals surface area (Å²) in [6.45, 7) is 11.7. The maximum Gasteiger partial charge on any atom is 0.0911 e. The third-order valence-corrected chi connectivity index (χ3v) is 5.72. The van der Waals surface area contributed by atoms with E-state index in [2.05, 4.69) is 98.2 Å². The monoisotopic (exact) mass is 356 g/mol. The minimum absolute atomic E-state index is 0.931. The summed E-state index contributed by atoms with van der Waals surface area (Å²) in [7, 11) is 0. The molecule has 1 aliphatic heterocycles. The molecule has 1 aliphatic rings. The molecule has 0 aromatic heterocycles. The molecule has 0 N–H and O–H groups in total. The molecular weight excluding hydrogens is 328 g/mol. The van der Waals surface area contributed by atoms with Gasteiger partial charge in [0.2, 0.25) is 0 Å². The first-order chi connectivity index (χ1) is 13.0. The van der Waals surface area contributed by atoms with E-state index in [-0.39, 0.29) is 0 Å². The first-order valence-electron chi connectivity index (χ1n) is 9.73. The van der Waals surface area contributed by atoms with Crippen molar-refractivity contribution in [2.45, 2.75) is 40.8 Å². The summed E-state index contributed by atoms with van der Waals surface area (Å²) >= 11 is 0. The van der Waals surface area contributed by atoms with Gasteiger partial charge in [-0.1, -0.05) is 54.1 Å². The molecule has 0 fully saturated rings. The molecule has 0 spiro atoms. The molecule has 2 nitrogen and oxygen atoms in total. The van der Waals surface area contributed by atoms with Crippen LogP contribution in [0.1, 0.15) is 33.4 Å². The number of hydrogen-bond donors (Lipinski definition) is 0. The molecule has 0 radical (unpaired) electrons. The molecule has 0 atom stereocenters. The van der Waals surface area contributed by atoms with Crippen molar-refractivity contribution < 1.29 is 0 Å². The van der Waals surface area contributed by atoms with Crippen LogP contribution in [0.4, 0.5) is 11.4 Å². The zero-order chi connectivity index (χ0) is 19.0. The van der Waals surface area contributed by atoms with Crippen molar-refractivity contribution in [3.8, 4) is 0 Å². The highest BCUT2D eigenvalue weighted by Gasteiger charge is 2.26. The average Bonchev–Trinajstić information content (AvgIpc) is 2.98. The Kier molecular flexibility index (Phi) is 4.65. The fourth-order valence-electron chi connectivity index (χ4n) is 4.27. The summed E-state index contributed by atoms with van der Waals surface area (Å²) in [6, 6.07) is 22.1. The standard InChI is InChI=1S/C25H28N2/c1-18-13-20(3)23(21(4)14-18)16-27-17-26(24-11-7-8-12-25(24)27)15-22-10-6-5-9-19(22)2/h5-14H,15-17H2,1-4H3. The summed E-state index contributed by atoms with van der Waals surface area (Å²) < 4.78 is 0. The second kappa shape index (κ2) is 7.11. The van der Waals surface area contributed by atoms with Gasteiger partial charge in [-0.3, -0.25) is 0 Å². The van der Waals surface area contributed by atoms with E-state index in [1.165, 1.54) is 44.8 Å². The zero-order valence-corrected chi connectivity index (χ0v) is 16.8. The lowest BCUT2D eigenvalue weighted by molar-refractivity contribution is 0.757. The van der Waals surface area contributed by atoms with Crippen LogP contribution in [-0.2, 0) is 13.1 Å². The number of aryl methyl sites for hydroxylation is 4. The van der Waals surface area contributed by atoms with Gasteiger partial charge in [0.25, 0.3) is 0 Å². The molecule has 1 heterocycles. The van der Waals surface area contributed by atoms with E-state index < -0.39 is 0 Å². The van der Waals surface area contributed by atoms with Crippen molar-refractivity contribution in [1.29, 1.82) is 0 Å². The van der Waals surface area contributed by atoms with E-state index in [0.29, 0.717) is 0 Å². The van der Waals surface area contributed by atoms with E-state index in [9.17, 15) is 0 Å². The van der Waals surface area contributed by atoms with Gasteiger partial charge >= 0.3 is 0 Å². The van der Waals surface area contributed by atoms with Crippen LogP contribution < -0.4 is 9.80 Å². The van der Waals surface area contributed by atoms with Crippen LogP contribution in [0.3, 0.4) is 0 Å². The summed E-state index contributed by atoms with van der Waals surface area (Å²) in [4.78, 5) is 5.01. The molecule has 0 bridgehead atoms. The van der Waals surface area contributed by atoms with Crippen LogP contribution in [-0.4, -0.2) is 6.67 Å². The maximum absolute atomic E-state index is 2.51. The van der Waals surface area contributed by atoms with E-state index in [1.807, 2.05) is 0 Å². The summed E-state index contributed by atoms with van der Waals surface area (Å²) in [5.74, 6) is 0. The average molecular weight is 357 g/mol. The van der Waals surface area contributed by atoms with Crippen LogP contribution in [0.15, 0.2) is 60.7 Å². The molecule has 0 amide bonds. The largest absolute Gasteiger partial charge is 0.348 e. The van der Waals surface area contributed by atoms with Crippen LogP contribution in [0.2, 0.25) is 0 Å². The van der Waals surface area contributed by atoms with Crippen LogP contribution in [0, 0.1) is 27.7 Å². The molecule has 3 aromatic rings. The second-order valence-electron chi connectivity index (χ2n) is 7.83. The fourth-order valence-corrected chi connectivity index (χ4v) is 4.27. The van der Waals surface area contributed by atoms with Gasteiger partial charge in [0.05, 0.1) is 18.0 Å². The lowest BCUT2D eigenvalue weighted by atomic mass is 9.99. The summed E-state index contributed by atoms with van der Waals surface area (Å²) in [5.41, 5.74) is 11.0. The lowest BCUT2D eigenvalue weighted by Gasteiger charge is -2.24. The highest BCUT2D eigenvalue weighted by Crippen LogP contribution is 2.38. The third kappa shape index (κ3) is 3.44. The molecule has 0 saturated heterocycles. The Morgan fingerprint density at radius 1 is 0.667 bits per heavy atom. The Hall–Kier alpha value is -2.74.